The van der Waals surface area contributed by atoms with Crippen LogP contribution in [0.15, 0.2) is 54.6 Å². The van der Waals surface area contributed by atoms with Crippen LogP contribution in [0.5, 0.6) is 11.5 Å². The van der Waals surface area contributed by atoms with E-state index in [1.807, 2.05) is 36.4 Å². The first kappa shape index (κ1) is 18.5. The van der Waals surface area contributed by atoms with Crippen LogP contribution in [-0.2, 0) is 9.53 Å². The molecule has 138 valence electrons. The van der Waals surface area contributed by atoms with Gasteiger partial charge < -0.3 is 14.2 Å². The molecule has 0 N–H and O–H groups in total. The maximum atomic E-state index is 12.7. The second-order valence-electron chi connectivity index (χ2n) is 5.89. The van der Waals surface area contributed by atoms with E-state index >= 15 is 0 Å². The molecule has 0 aliphatic rings. The molecule has 0 amide bonds. The van der Waals surface area contributed by atoms with Crippen molar-refractivity contribution in [2.24, 2.45) is 0 Å². The van der Waals surface area contributed by atoms with E-state index in [0.29, 0.717) is 22.4 Å². The van der Waals surface area contributed by atoms with Gasteiger partial charge in [-0.25, -0.2) is 4.79 Å². The number of carbonyl (C=O) groups excluding carboxylic acids is 2. The summed E-state index contributed by atoms with van der Waals surface area (Å²) in [6.45, 7) is 3.32. The maximum absolute atomic E-state index is 12.7. The quantitative estimate of drug-likeness (QED) is 0.488. The summed E-state index contributed by atoms with van der Waals surface area (Å²) < 4.78 is 15.9. The number of hydrogen-bond acceptors (Lipinski definition) is 5. The average molecular weight is 364 g/mol. The van der Waals surface area contributed by atoms with Crippen molar-refractivity contribution in [3.63, 3.8) is 0 Å². The Morgan fingerprint density at radius 3 is 2.33 bits per heavy atom. The molecule has 0 unspecified atom stereocenters. The Hall–Kier alpha value is -3.34. The van der Waals surface area contributed by atoms with Gasteiger partial charge in [0.15, 0.2) is 0 Å². The van der Waals surface area contributed by atoms with Crippen LogP contribution in [0.4, 0.5) is 0 Å². The molecule has 0 aliphatic heterocycles. The highest BCUT2D eigenvalue weighted by Crippen LogP contribution is 2.40. The Morgan fingerprint density at radius 1 is 0.963 bits per heavy atom. The van der Waals surface area contributed by atoms with Gasteiger partial charge in [0.2, 0.25) is 0 Å². The van der Waals surface area contributed by atoms with Crippen molar-refractivity contribution in [2.45, 2.75) is 13.8 Å². The smallest absolute Gasteiger partial charge is 0.338 e. The molecule has 0 saturated heterocycles. The van der Waals surface area contributed by atoms with E-state index in [4.69, 9.17) is 14.2 Å². The van der Waals surface area contributed by atoms with E-state index in [9.17, 15) is 9.59 Å². The lowest BCUT2D eigenvalue weighted by Crippen LogP contribution is -2.09. The molecule has 3 aromatic carbocycles. The first-order chi connectivity index (χ1) is 13.0. The SMILES string of the molecule is CCOC(=O)c1cc(OC(C)=O)c2cc(OC)ccc2c1-c1ccccc1. The van der Waals surface area contributed by atoms with Crippen molar-refractivity contribution >= 4 is 22.7 Å². The molecule has 0 aromatic heterocycles. The number of esters is 2. The van der Waals surface area contributed by atoms with Crippen LogP contribution in [0.25, 0.3) is 21.9 Å². The van der Waals surface area contributed by atoms with E-state index in [1.54, 1.807) is 32.2 Å². The number of benzene rings is 3. The predicted molar refractivity (Wildman–Crippen MR) is 103 cm³/mol. The normalized spacial score (nSPS) is 10.5. The van der Waals surface area contributed by atoms with Crippen LogP contribution in [-0.4, -0.2) is 25.7 Å². The molecule has 0 saturated carbocycles. The second-order valence-corrected chi connectivity index (χ2v) is 5.89. The zero-order valence-corrected chi connectivity index (χ0v) is 15.4. The van der Waals surface area contributed by atoms with Gasteiger partial charge in [-0.2, -0.15) is 0 Å². The molecule has 0 spiro atoms. The van der Waals surface area contributed by atoms with Crippen molar-refractivity contribution in [3.8, 4) is 22.6 Å². The third-order valence-electron chi connectivity index (χ3n) is 4.12. The topological polar surface area (TPSA) is 61.8 Å². The molecule has 0 radical (unpaired) electrons. The number of fused-ring (bicyclic) bond motifs is 1. The summed E-state index contributed by atoms with van der Waals surface area (Å²) in [7, 11) is 1.57. The average Bonchev–Trinajstić information content (AvgIpc) is 2.67. The van der Waals surface area contributed by atoms with Crippen molar-refractivity contribution in [1.82, 2.24) is 0 Å². The molecule has 0 atom stereocenters. The summed E-state index contributed by atoms with van der Waals surface area (Å²) in [6.07, 6.45) is 0. The maximum Gasteiger partial charge on any atom is 0.338 e. The number of rotatable bonds is 5. The van der Waals surface area contributed by atoms with E-state index in [1.165, 1.54) is 6.92 Å². The Kier molecular flexibility index (Phi) is 5.41. The highest BCUT2D eigenvalue weighted by Gasteiger charge is 2.21. The summed E-state index contributed by atoms with van der Waals surface area (Å²) >= 11 is 0. The Balaban J connectivity index is 2.39. The number of carbonyl (C=O) groups is 2. The molecule has 3 rings (SSSR count). The third kappa shape index (κ3) is 3.77. The zero-order chi connectivity index (χ0) is 19.4. The fourth-order valence-electron chi connectivity index (χ4n) is 3.02. The predicted octanol–water partition coefficient (Wildman–Crippen LogP) is 4.62. The van der Waals surface area contributed by atoms with Gasteiger partial charge in [0, 0.05) is 17.9 Å². The van der Waals surface area contributed by atoms with Crippen molar-refractivity contribution in [2.75, 3.05) is 13.7 Å². The molecular weight excluding hydrogens is 344 g/mol. The second kappa shape index (κ2) is 7.91. The van der Waals surface area contributed by atoms with Gasteiger partial charge in [0.05, 0.1) is 19.3 Å². The molecule has 0 bridgehead atoms. The van der Waals surface area contributed by atoms with Gasteiger partial charge in [0.25, 0.3) is 0 Å². The minimum absolute atomic E-state index is 0.247. The minimum atomic E-state index is -0.471. The fraction of sp³-hybridized carbons (Fsp3) is 0.182. The lowest BCUT2D eigenvalue weighted by molar-refractivity contribution is -0.131. The highest BCUT2D eigenvalue weighted by atomic mass is 16.5. The summed E-state index contributed by atoms with van der Waals surface area (Å²) in [6, 6.07) is 16.6. The molecule has 27 heavy (non-hydrogen) atoms. The van der Waals surface area contributed by atoms with Gasteiger partial charge in [-0.05, 0) is 42.1 Å². The summed E-state index contributed by atoms with van der Waals surface area (Å²) in [4.78, 5) is 24.3. The van der Waals surface area contributed by atoms with Crippen molar-refractivity contribution < 1.29 is 23.8 Å². The molecule has 0 heterocycles. The van der Waals surface area contributed by atoms with Crippen LogP contribution >= 0.6 is 0 Å². The summed E-state index contributed by atoms with van der Waals surface area (Å²) in [5.74, 6) is -0.0261. The molecule has 5 heteroatoms. The van der Waals surface area contributed by atoms with Gasteiger partial charge in [0.1, 0.15) is 11.5 Å². The van der Waals surface area contributed by atoms with Crippen LogP contribution in [0.2, 0.25) is 0 Å². The largest absolute Gasteiger partial charge is 0.497 e. The summed E-state index contributed by atoms with van der Waals surface area (Å²) in [5.41, 5.74) is 1.93. The Morgan fingerprint density at radius 2 is 1.70 bits per heavy atom. The first-order valence-electron chi connectivity index (χ1n) is 8.60. The lowest BCUT2D eigenvalue weighted by atomic mass is 9.92. The molecule has 0 aliphatic carbocycles. The van der Waals surface area contributed by atoms with Crippen LogP contribution in [0.3, 0.4) is 0 Å². The lowest BCUT2D eigenvalue weighted by Gasteiger charge is -2.16. The number of methoxy groups -OCH3 is 1. The van der Waals surface area contributed by atoms with Crippen LogP contribution < -0.4 is 9.47 Å². The molecule has 0 fully saturated rings. The standard InChI is InChI=1S/C22H20O5/c1-4-26-22(24)19-13-20(27-14(2)23)18-12-16(25-3)10-11-17(18)21(19)15-8-6-5-7-9-15/h5-13H,4H2,1-3H3. The number of ether oxygens (including phenoxy) is 3. The Bertz CT molecular complexity index is 993. The number of hydrogen-bond donors (Lipinski definition) is 0. The highest BCUT2D eigenvalue weighted by molar-refractivity contribution is 6.11. The summed E-state index contributed by atoms with van der Waals surface area (Å²) in [5, 5.41) is 1.44. The Labute approximate surface area is 157 Å². The van der Waals surface area contributed by atoms with Gasteiger partial charge in [-0.15, -0.1) is 0 Å². The molecular formula is C22H20O5. The van der Waals surface area contributed by atoms with Crippen LogP contribution in [0, 0.1) is 0 Å². The zero-order valence-electron chi connectivity index (χ0n) is 15.4. The van der Waals surface area contributed by atoms with Gasteiger partial charge in [-0.1, -0.05) is 30.3 Å². The minimum Gasteiger partial charge on any atom is -0.497 e. The van der Waals surface area contributed by atoms with Gasteiger partial charge in [-0.3, -0.25) is 4.79 Å². The third-order valence-corrected chi connectivity index (χ3v) is 4.12. The first-order valence-corrected chi connectivity index (χ1v) is 8.60. The van der Waals surface area contributed by atoms with E-state index < -0.39 is 11.9 Å². The van der Waals surface area contributed by atoms with E-state index in [0.717, 1.165) is 16.5 Å². The van der Waals surface area contributed by atoms with Crippen molar-refractivity contribution in [3.05, 3.63) is 60.2 Å². The van der Waals surface area contributed by atoms with Crippen molar-refractivity contribution in [1.29, 1.82) is 0 Å². The van der Waals surface area contributed by atoms with Gasteiger partial charge >= 0.3 is 11.9 Å². The van der Waals surface area contributed by atoms with E-state index in [-0.39, 0.29) is 6.61 Å². The fourth-order valence-corrected chi connectivity index (χ4v) is 3.02. The monoisotopic (exact) mass is 364 g/mol. The molecule has 5 nitrogen and oxygen atoms in total. The van der Waals surface area contributed by atoms with E-state index in [2.05, 4.69) is 0 Å². The molecule has 3 aromatic rings. The van der Waals surface area contributed by atoms with Crippen LogP contribution in [0.1, 0.15) is 24.2 Å².